The maximum atomic E-state index is 12.6. The van der Waals surface area contributed by atoms with E-state index < -0.39 is 12.0 Å². The average molecular weight is 188 g/mol. The minimum absolute atomic E-state index is 0.341. The molecule has 2 atom stereocenters. The summed E-state index contributed by atoms with van der Waals surface area (Å²) >= 11 is 0. The van der Waals surface area contributed by atoms with Crippen LogP contribution < -0.4 is 0 Å². The molecule has 1 aliphatic heterocycles. The zero-order valence-electron chi connectivity index (χ0n) is 6.32. The fourth-order valence-corrected chi connectivity index (χ4v) is 0.496. The number of halogens is 4. The van der Waals surface area contributed by atoms with E-state index in [0.717, 1.165) is 0 Å². The third-order valence-electron chi connectivity index (χ3n) is 1.45. The van der Waals surface area contributed by atoms with Crippen LogP contribution in [0.25, 0.3) is 0 Å². The summed E-state index contributed by atoms with van der Waals surface area (Å²) in [4.78, 5) is 0. The van der Waals surface area contributed by atoms with Crippen molar-refractivity contribution in [2.45, 2.75) is 25.1 Å². The Bertz CT molecular complexity index is 161. The minimum atomic E-state index is -4.98. The molecule has 0 aromatic carbocycles. The summed E-state index contributed by atoms with van der Waals surface area (Å²) in [6.45, 7) is 0.329. The van der Waals surface area contributed by atoms with E-state index in [2.05, 4.69) is 9.47 Å². The molecule has 1 saturated heterocycles. The molecule has 6 heteroatoms. The summed E-state index contributed by atoms with van der Waals surface area (Å²) in [6, 6.07) is 0. The molecule has 0 aromatic rings. The molecule has 72 valence electrons. The second-order valence-corrected chi connectivity index (χ2v) is 2.68. The molecule has 2 unspecified atom stereocenters. The summed E-state index contributed by atoms with van der Waals surface area (Å²) in [7, 11) is 0. The van der Waals surface area contributed by atoms with E-state index in [0.29, 0.717) is 13.5 Å². The number of hydrogen-bond acceptors (Lipinski definition) is 2. The van der Waals surface area contributed by atoms with Crippen molar-refractivity contribution in [1.82, 2.24) is 0 Å². The number of rotatable bonds is 3. The van der Waals surface area contributed by atoms with Crippen molar-refractivity contribution in [3.63, 3.8) is 0 Å². The van der Waals surface area contributed by atoms with Crippen LogP contribution in [-0.2, 0) is 9.47 Å². The lowest BCUT2D eigenvalue weighted by atomic mass is 10.3. The van der Waals surface area contributed by atoms with Gasteiger partial charge >= 0.3 is 12.0 Å². The predicted molar refractivity (Wildman–Crippen MR) is 31.3 cm³/mol. The first-order valence-electron chi connectivity index (χ1n) is 3.34. The molecule has 2 nitrogen and oxygen atoms in total. The highest BCUT2D eigenvalue weighted by atomic mass is 19.4. The van der Waals surface area contributed by atoms with Crippen LogP contribution in [-0.4, -0.2) is 31.3 Å². The number of hydrogen-bond donors (Lipinski definition) is 0. The van der Waals surface area contributed by atoms with Crippen molar-refractivity contribution in [3.05, 3.63) is 0 Å². The molecular weight excluding hydrogens is 180 g/mol. The van der Waals surface area contributed by atoms with Gasteiger partial charge in [-0.05, 0) is 0 Å². The smallest absolute Gasteiger partial charge is 0.371 e. The van der Waals surface area contributed by atoms with E-state index in [1.165, 1.54) is 0 Å². The van der Waals surface area contributed by atoms with Gasteiger partial charge in [0.05, 0.1) is 13.2 Å². The van der Waals surface area contributed by atoms with Crippen molar-refractivity contribution >= 4 is 0 Å². The fraction of sp³-hybridized carbons (Fsp3) is 1.00. The maximum Gasteiger partial charge on any atom is 0.448 e. The fourth-order valence-electron chi connectivity index (χ4n) is 0.496. The van der Waals surface area contributed by atoms with Gasteiger partial charge in [-0.2, -0.15) is 13.2 Å². The van der Waals surface area contributed by atoms with Crippen molar-refractivity contribution in [2.75, 3.05) is 13.2 Å². The lowest BCUT2D eigenvalue weighted by molar-refractivity contribution is -0.324. The van der Waals surface area contributed by atoms with Crippen LogP contribution in [0.5, 0.6) is 0 Å². The van der Waals surface area contributed by atoms with Crippen LogP contribution in [0.1, 0.15) is 6.92 Å². The monoisotopic (exact) mass is 188 g/mol. The molecule has 1 heterocycles. The topological polar surface area (TPSA) is 21.8 Å². The van der Waals surface area contributed by atoms with E-state index in [1.54, 1.807) is 0 Å². The second-order valence-electron chi connectivity index (χ2n) is 2.68. The molecule has 0 spiro atoms. The first-order chi connectivity index (χ1) is 5.33. The van der Waals surface area contributed by atoms with Gasteiger partial charge < -0.3 is 9.47 Å². The first kappa shape index (κ1) is 9.73. The standard InChI is InChI=1S/C6H8F4O2/c1-5(7,6(8,9)10)12-3-4-2-11-4/h4H,2-3H2,1H3. The molecule has 1 aliphatic rings. The summed E-state index contributed by atoms with van der Waals surface area (Å²) in [6.07, 6.45) is -5.36. The molecular formula is C6H8F4O2. The van der Waals surface area contributed by atoms with E-state index in [9.17, 15) is 17.6 Å². The Hall–Kier alpha value is -0.360. The van der Waals surface area contributed by atoms with Crippen LogP contribution in [0.3, 0.4) is 0 Å². The number of alkyl halides is 4. The van der Waals surface area contributed by atoms with Gasteiger partial charge in [0, 0.05) is 6.92 Å². The maximum absolute atomic E-state index is 12.6. The largest absolute Gasteiger partial charge is 0.448 e. The van der Waals surface area contributed by atoms with Gasteiger partial charge in [-0.1, -0.05) is 0 Å². The molecule has 0 aromatic heterocycles. The Labute approximate surface area is 66.4 Å². The van der Waals surface area contributed by atoms with Crippen molar-refractivity contribution in [3.8, 4) is 0 Å². The average Bonchev–Trinajstić information content (AvgIpc) is 2.62. The predicted octanol–water partition coefficient (Wildman–Crippen LogP) is 1.65. The van der Waals surface area contributed by atoms with Crippen LogP contribution in [0.2, 0.25) is 0 Å². The van der Waals surface area contributed by atoms with Crippen LogP contribution in [0.15, 0.2) is 0 Å². The van der Waals surface area contributed by atoms with Gasteiger partial charge in [0.2, 0.25) is 0 Å². The zero-order valence-corrected chi connectivity index (χ0v) is 6.32. The van der Waals surface area contributed by atoms with Gasteiger partial charge in [0.25, 0.3) is 0 Å². The van der Waals surface area contributed by atoms with Crippen LogP contribution >= 0.6 is 0 Å². The Morgan fingerprint density at radius 3 is 2.25 bits per heavy atom. The van der Waals surface area contributed by atoms with Crippen molar-refractivity contribution < 1.29 is 27.0 Å². The second kappa shape index (κ2) is 2.85. The zero-order chi connectivity index (χ0) is 9.41. The molecule has 0 radical (unpaired) electrons. The lowest BCUT2D eigenvalue weighted by Gasteiger charge is -2.23. The minimum Gasteiger partial charge on any atom is -0.371 e. The quantitative estimate of drug-likeness (QED) is 0.496. The Balaban J connectivity index is 2.35. The van der Waals surface area contributed by atoms with Crippen molar-refractivity contribution in [1.29, 1.82) is 0 Å². The lowest BCUT2D eigenvalue weighted by Crippen LogP contribution is -2.41. The molecule has 0 aliphatic carbocycles. The van der Waals surface area contributed by atoms with E-state index >= 15 is 0 Å². The molecule has 0 N–H and O–H groups in total. The third kappa shape index (κ3) is 2.31. The summed E-state index contributed by atoms with van der Waals surface area (Å²) in [5.41, 5.74) is 0. The summed E-state index contributed by atoms with van der Waals surface area (Å²) in [5.74, 6) is -3.57. The third-order valence-corrected chi connectivity index (χ3v) is 1.45. The Morgan fingerprint density at radius 2 is 1.92 bits per heavy atom. The molecule has 12 heavy (non-hydrogen) atoms. The van der Waals surface area contributed by atoms with Gasteiger partial charge in [-0.15, -0.1) is 0 Å². The first-order valence-corrected chi connectivity index (χ1v) is 3.34. The SMILES string of the molecule is CC(F)(OCC1CO1)C(F)(F)F. The molecule has 0 saturated carbocycles. The van der Waals surface area contributed by atoms with Crippen LogP contribution in [0.4, 0.5) is 17.6 Å². The highest BCUT2D eigenvalue weighted by Crippen LogP contribution is 2.35. The van der Waals surface area contributed by atoms with Crippen molar-refractivity contribution in [2.24, 2.45) is 0 Å². The number of ether oxygens (including phenoxy) is 2. The van der Waals surface area contributed by atoms with E-state index in [1.807, 2.05) is 0 Å². The van der Waals surface area contributed by atoms with Gasteiger partial charge in [-0.3, -0.25) is 0 Å². The van der Waals surface area contributed by atoms with Gasteiger partial charge in [0.1, 0.15) is 6.10 Å². The Kier molecular flexibility index (Phi) is 2.31. The Morgan fingerprint density at radius 1 is 1.42 bits per heavy atom. The normalized spacial score (nSPS) is 28.2. The highest BCUT2D eigenvalue weighted by molar-refractivity contribution is 4.75. The molecule has 1 fully saturated rings. The highest BCUT2D eigenvalue weighted by Gasteiger charge is 2.54. The summed E-state index contributed by atoms with van der Waals surface area (Å²) < 4.78 is 56.4. The van der Waals surface area contributed by atoms with Gasteiger partial charge in [-0.25, -0.2) is 4.39 Å². The van der Waals surface area contributed by atoms with E-state index in [-0.39, 0.29) is 12.7 Å². The van der Waals surface area contributed by atoms with Gasteiger partial charge in [0.15, 0.2) is 0 Å². The molecule has 1 rings (SSSR count). The molecule has 0 bridgehead atoms. The summed E-state index contributed by atoms with van der Waals surface area (Å²) in [5, 5.41) is 0. The number of epoxide rings is 1. The van der Waals surface area contributed by atoms with E-state index in [4.69, 9.17) is 0 Å². The molecule has 0 amide bonds. The van der Waals surface area contributed by atoms with Crippen LogP contribution in [0, 0.1) is 0 Å².